The standard InChI is InChI=1S/C16H32N4O3S.HI/c1-3-17-16(20(2)12-15-7-9-23-13-15)18-8-10-24(21,22)19-11-14-5-4-6-14;/h14-15,19H,3-13H2,1-2H3,(H,17,18);1H. The van der Waals surface area contributed by atoms with Crippen LogP contribution in [0.5, 0.6) is 0 Å². The predicted octanol–water partition coefficient (Wildman–Crippen LogP) is 1.26. The predicted molar refractivity (Wildman–Crippen MR) is 112 cm³/mol. The van der Waals surface area contributed by atoms with E-state index in [0.717, 1.165) is 51.5 Å². The van der Waals surface area contributed by atoms with E-state index in [4.69, 9.17) is 4.74 Å². The maximum Gasteiger partial charge on any atom is 0.213 e. The Morgan fingerprint density at radius 3 is 2.60 bits per heavy atom. The zero-order valence-electron chi connectivity index (χ0n) is 15.4. The highest BCUT2D eigenvalue weighted by atomic mass is 127. The first-order chi connectivity index (χ1) is 11.5. The fourth-order valence-corrected chi connectivity index (χ4v) is 3.92. The van der Waals surface area contributed by atoms with Crippen molar-refractivity contribution in [3.63, 3.8) is 0 Å². The molecule has 25 heavy (non-hydrogen) atoms. The van der Waals surface area contributed by atoms with E-state index in [0.29, 0.717) is 18.4 Å². The van der Waals surface area contributed by atoms with Crippen LogP contribution in [0.3, 0.4) is 0 Å². The molecule has 0 aromatic heterocycles. The van der Waals surface area contributed by atoms with Gasteiger partial charge in [-0.25, -0.2) is 13.1 Å². The van der Waals surface area contributed by atoms with Crippen LogP contribution in [-0.4, -0.2) is 71.5 Å². The Morgan fingerprint density at radius 2 is 2.04 bits per heavy atom. The minimum Gasteiger partial charge on any atom is -0.381 e. The van der Waals surface area contributed by atoms with Gasteiger partial charge in [-0.05, 0) is 32.1 Å². The first kappa shape index (κ1) is 22.9. The summed E-state index contributed by atoms with van der Waals surface area (Å²) < 4.78 is 32.2. The second-order valence-corrected chi connectivity index (χ2v) is 8.74. The lowest BCUT2D eigenvalue weighted by Crippen LogP contribution is -2.42. The van der Waals surface area contributed by atoms with E-state index in [9.17, 15) is 8.42 Å². The number of rotatable bonds is 9. The molecule has 148 valence electrons. The van der Waals surface area contributed by atoms with Crippen molar-refractivity contribution < 1.29 is 13.2 Å². The highest BCUT2D eigenvalue weighted by molar-refractivity contribution is 14.0. The van der Waals surface area contributed by atoms with Crippen molar-refractivity contribution in [3.05, 3.63) is 0 Å². The van der Waals surface area contributed by atoms with E-state index in [1.54, 1.807) is 0 Å². The zero-order chi connectivity index (χ0) is 17.4. The molecule has 0 radical (unpaired) electrons. The van der Waals surface area contributed by atoms with Crippen molar-refractivity contribution >= 4 is 40.0 Å². The lowest BCUT2D eigenvalue weighted by Gasteiger charge is -2.25. The molecule has 0 spiro atoms. The Bertz CT molecular complexity index is 506. The van der Waals surface area contributed by atoms with Gasteiger partial charge in [0, 0.05) is 39.2 Å². The largest absolute Gasteiger partial charge is 0.381 e. The smallest absolute Gasteiger partial charge is 0.213 e. The maximum atomic E-state index is 12.0. The van der Waals surface area contributed by atoms with Crippen molar-refractivity contribution in [1.82, 2.24) is 14.9 Å². The number of hydrogen-bond donors (Lipinski definition) is 2. The number of nitrogens with one attached hydrogen (secondary N) is 2. The molecule has 1 heterocycles. The Hall–Kier alpha value is -0.130. The minimum atomic E-state index is -3.23. The summed E-state index contributed by atoms with van der Waals surface area (Å²) in [6.07, 6.45) is 4.58. The number of halogens is 1. The number of guanidine groups is 1. The molecular formula is C16H33IN4O3S. The van der Waals surface area contributed by atoms with Crippen LogP contribution in [0.1, 0.15) is 32.6 Å². The van der Waals surface area contributed by atoms with Crippen molar-refractivity contribution in [1.29, 1.82) is 0 Å². The molecule has 0 aromatic rings. The lowest BCUT2D eigenvalue weighted by molar-refractivity contribution is 0.181. The molecular weight excluding hydrogens is 455 g/mol. The van der Waals surface area contributed by atoms with Crippen LogP contribution < -0.4 is 10.0 Å². The molecule has 1 saturated carbocycles. The van der Waals surface area contributed by atoms with E-state index in [1.807, 2.05) is 14.0 Å². The molecule has 1 saturated heterocycles. The molecule has 9 heteroatoms. The lowest BCUT2D eigenvalue weighted by atomic mass is 9.86. The minimum absolute atomic E-state index is 0. The van der Waals surface area contributed by atoms with Gasteiger partial charge in [0.25, 0.3) is 0 Å². The molecule has 1 aliphatic carbocycles. The Kier molecular flexibility index (Phi) is 10.6. The van der Waals surface area contributed by atoms with Crippen LogP contribution in [0.15, 0.2) is 4.99 Å². The van der Waals surface area contributed by atoms with E-state index in [2.05, 4.69) is 19.9 Å². The molecule has 2 N–H and O–H groups in total. The van der Waals surface area contributed by atoms with Gasteiger partial charge in [-0.15, -0.1) is 24.0 Å². The van der Waals surface area contributed by atoms with Crippen LogP contribution in [-0.2, 0) is 14.8 Å². The summed E-state index contributed by atoms with van der Waals surface area (Å²) in [5, 5.41) is 3.23. The molecule has 7 nitrogen and oxygen atoms in total. The van der Waals surface area contributed by atoms with Crippen LogP contribution in [0, 0.1) is 11.8 Å². The Labute approximate surface area is 169 Å². The molecule has 1 aliphatic heterocycles. The van der Waals surface area contributed by atoms with Crippen LogP contribution >= 0.6 is 24.0 Å². The summed E-state index contributed by atoms with van der Waals surface area (Å²) in [5.74, 6) is 1.85. The van der Waals surface area contributed by atoms with Gasteiger partial charge in [0.2, 0.25) is 10.0 Å². The Morgan fingerprint density at radius 1 is 1.28 bits per heavy atom. The SMILES string of the molecule is CCNC(=NCCS(=O)(=O)NCC1CCC1)N(C)CC1CCOC1.I. The van der Waals surface area contributed by atoms with Gasteiger partial charge < -0.3 is 15.0 Å². The number of sulfonamides is 1. The zero-order valence-corrected chi connectivity index (χ0v) is 18.5. The number of nitrogens with zero attached hydrogens (tertiary/aromatic N) is 2. The first-order valence-electron chi connectivity index (χ1n) is 9.04. The second-order valence-electron chi connectivity index (χ2n) is 6.81. The highest BCUT2D eigenvalue weighted by Gasteiger charge is 2.21. The van der Waals surface area contributed by atoms with Crippen molar-refractivity contribution in [2.45, 2.75) is 32.6 Å². The Balaban J connectivity index is 0.00000312. The summed E-state index contributed by atoms with van der Waals surface area (Å²) in [7, 11) is -1.25. The van der Waals surface area contributed by atoms with Crippen molar-refractivity contribution in [2.75, 3.05) is 52.2 Å². The third-order valence-electron chi connectivity index (χ3n) is 4.69. The molecule has 2 fully saturated rings. The average molecular weight is 488 g/mol. The van der Waals surface area contributed by atoms with E-state index in [-0.39, 0.29) is 36.3 Å². The molecule has 1 unspecified atom stereocenters. The highest BCUT2D eigenvalue weighted by Crippen LogP contribution is 2.25. The van der Waals surface area contributed by atoms with Gasteiger partial charge in [-0.1, -0.05) is 6.42 Å². The number of ether oxygens (including phenoxy) is 1. The van der Waals surface area contributed by atoms with E-state index < -0.39 is 10.0 Å². The van der Waals surface area contributed by atoms with Crippen molar-refractivity contribution in [2.24, 2.45) is 16.8 Å². The van der Waals surface area contributed by atoms with E-state index >= 15 is 0 Å². The molecule has 0 bridgehead atoms. The van der Waals surface area contributed by atoms with Gasteiger partial charge in [0.15, 0.2) is 5.96 Å². The molecule has 2 aliphatic rings. The summed E-state index contributed by atoms with van der Waals surface area (Å²) in [6, 6.07) is 0. The van der Waals surface area contributed by atoms with Gasteiger partial charge in [-0.2, -0.15) is 0 Å². The quantitative estimate of drug-likeness (QED) is 0.290. The van der Waals surface area contributed by atoms with Gasteiger partial charge in [0.1, 0.15) is 0 Å². The third kappa shape index (κ3) is 8.40. The summed E-state index contributed by atoms with van der Waals surface area (Å²) >= 11 is 0. The van der Waals surface area contributed by atoms with Gasteiger partial charge in [0.05, 0.1) is 18.9 Å². The fraction of sp³-hybridized carbons (Fsp3) is 0.938. The number of hydrogen-bond acceptors (Lipinski definition) is 4. The van der Waals surface area contributed by atoms with Gasteiger partial charge in [-0.3, -0.25) is 4.99 Å². The molecule has 1 atom stereocenters. The summed E-state index contributed by atoms with van der Waals surface area (Å²) in [5.41, 5.74) is 0. The van der Waals surface area contributed by atoms with Crippen LogP contribution in [0.2, 0.25) is 0 Å². The third-order valence-corrected chi connectivity index (χ3v) is 6.02. The fourth-order valence-electron chi connectivity index (χ4n) is 2.96. The van der Waals surface area contributed by atoms with E-state index in [1.165, 1.54) is 6.42 Å². The topological polar surface area (TPSA) is 83.0 Å². The number of aliphatic imine (C=N–C) groups is 1. The van der Waals surface area contributed by atoms with Crippen LogP contribution in [0.25, 0.3) is 0 Å². The first-order valence-corrected chi connectivity index (χ1v) is 10.7. The average Bonchev–Trinajstić information content (AvgIpc) is 2.97. The maximum absolute atomic E-state index is 12.0. The summed E-state index contributed by atoms with van der Waals surface area (Å²) in [4.78, 5) is 6.54. The molecule has 2 rings (SSSR count). The van der Waals surface area contributed by atoms with Crippen molar-refractivity contribution in [3.8, 4) is 0 Å². The normalized spacial score (nSPS) is 21.5. The second kappa shape index (κ2) is 11.6. The van der Waals surface area contributed by atoms with Gasteiger partial charge >= 0.3 is 0 Å². The summed E-state index contributed by atoms with van der Waals surface area (Å²) in [6.45, 7) is 6.12. The van der Waals surface area contributed by atoms with Crippen LogP contribution in [0.4, 0.5) is 0 Å². The monoisotopic (exact) mass is 488 g/mol. The molecule has 0 aromatic carbocycles. The molecule has 0 amide bonds.